The van der Waals surface area contributed by atoms with E-state index in [2.05, 4.69) is 37.5 Å². The lowest BCUT2D eigenvalue weighted by Gasteiger charge is -2.33. The molecule has 2 aromatic rings. The van der Waals surface area contributed by atoms with Gasteiger partial charge < -0.3 is 14.8 Å². The highest BCUT2D eigenvalue weighted by molar-refractivity contribution is 7.80. The minimum atomic E-state index is -0.345. The molecule has 2 N–H and O–H groups in total. The first-order chi connectivity index (χ1) is 14.8. The number of amides is 1. The second kappa shape index (κ2) is 8.48. The summed E-state index contributed by atoms with van der Waals surface area (Å²) in [5, 5.41) is 16.4. The molecule has 0 saturated carbocycles. The molecule has 1 amide bonds. The summed E-state index contributed by atoms with van der Waals surface area (Å²) >= 11 is 6.93. The number of nitrogens with one attached hydrogen (secondary N) is 2. The Morgan fingerprint density at radius 2 is 2.00 bits per heavy atom. The quantitative estimate of drug-likeness (QED) is 0.641. The fraction of sp³-hybridized carbons (Fsp3) is 0.435. The van der Waals surface area contributed by atoms with Crippen molar-refractivity contribution in [1.29, 1.82) is 5.26 Å². The lowest BCUT2D eigenvalue weighted by atomic mass is 9.72. The van der Waals surface area contributed by atoms with E-state index < -0.39 is 0 Å². The highest BCUT2D eigenvalue weighted by Crippen LogP contribution is 2.44. The third-order valence-electron chi connectivity index (χ3n) is 5.86. The number of hydrogen-bond acceptors (Lipinski definition) is 6. The fourth-order valence-electron chi connectivity index (χ4n) is 4.03. The van der Waals surface area contributed by atoms with Crippen LogP contribution in [0.1, 0.15) is 53.6 Å². The van der Waals surface area contributed by atoms with Gasteiger partial charge in [-0.1, -0.05) is 20.8 Å². The zero-order valence-electron chi connectivity index (χ0n) is 17.8. The van der Waals surface area contributed by atoms with E-state index in [1.165, 1.54) is 4.88 Å². The number of nitriles is 1. The first kappa shape index (κ1) is 21.6. The normalized spacial score (nSPS) is 17.3. The van der Waals surface area contributed by atoms with Crippen LogP contribution < -0.4 is 20.1 Å². The van der Waals surface area contributed by atoms with Crippen LogP contribution in [0.4, 0.5) is 5.00 Å². The number of anilines is 1. The van der Waals surface area contributed by atoms with Crippen molar-refractivity contribution < 1.29 is 14.3 Å². The van der Waals surface area contributed by atoms with Crippen LogP contribution in [0, 0.1) is 22.7 Å². The molecule has 0 saturated heterocycles. The average Bonchev–Trinajstić information content (AvgIpc) is 3.08. The van der Waals surface area contributed by atoms with Crippen LogP contribution in [0.15, 0.2) is 18.2 Å². The molecule has 8 heteroatoms. The molecule has 1 aliphatic carbocycles. The average molecular weight is 456 g/mol. The largest absolute Gasteiger partial charge is 0.486 e. The minimum Gasteiger partial charge on any atom is -0.486 e. The highest BCUT2D eigenvalue weighted by Gasteiger charge is 2.32. The maximum atomic E-state index is 12.6. The van der Waals surface area contributed by atoms with E-state index >= 15 is 0 Å². The van der Waals surface area contributed by atoms with Gasteiger partial charge >= 0.3 is 0 Å². The van der Waals surface area contributed by atoms with Gasteiger partial charge in [-0.05, 0) is 66.6 Å². The van der Waals surface area contributed by atoms with Crippen LogP contribution in [-0.2, 0) is 12.8 Å². The summed E-state index contributed by atoms with van der Waals surface area (Å²) in [6.07, 6.45) is 2.94. The second-order valence-corrected chi connectivity index (χ2v) is 10.4. The van der Waals surface area contributed by atoms with Crippen LogP contribution in [-0.4, -0.2) is 24.2 Å². The molecule has 4 rings (SSSR count). The third-order valence-corrected chi connectivity index (χ3v) is 7.23. The van der Waals surface area contributed by atoms with Gasteiger partial charge in [0, 0.05) is 10.4 Å². The number of nitrogens with zero attached hydrogens (tertiary/aromatic N) is 1. The van der Waals surface area contributed by atoms with Crippen molar-refractivity contribution in [3.8, 4) is 17.6 Å². The van der Waals surface area contributed by atoms with E-state index in [9.17, 15) is 10.1 Å². The van der Waals surface area contributed by atoms with Crippen molar-refractivity contribution in [3.63, 3.8) is 0 Å². The predicted octanol–water partition coefficient (Wildman–Crippen LogP) is 4.67. The number of hydrogen-bond donors (Lipinski definition) is 2. The fourth-order valence-corrected chi connectivity index (χ4v) is 5.57. The Labute approximate surface area is 191 Å². The minimum absolute atomic E-state index is 0.169. The molecule has 31 heavy (non-hydrogen) atoms. The molecule has 0 radical (unpaired) electrons. The predicted molar refractivity (Wildman–Crippen MR) is 125 cm³/mol. The van der Waals surface area contributed by atoms with Crippen LogP contribution in [0.2, 0.25) is 0 Å². The summed E-state index contributed by atoms with van der Waals surface area (Å²) in [4.78, 5) is 13.9. The van der Waals surface area contributed by atoms with Gasteiger partial charge in [-0.25, -0.2) is 0 Å². The number of fused-ring (bicyclic) bond motifs is 2. The highest BCUT2D eigenvalue weighted by atomic mass is 32.1. The summed E-state index contributed by atoms with van der Waals surface area (Å²) in [6, 6.07) is 7.35. The van der Waals surface area contributed by atoms with Crippen LogP contribution in [0.3, 0.4) is 0 Å². The Kier molecular flexibility index (Phi) is 5.91. The number of carbonyl (C=O) groups excluding carboxylic acids is 1. The van der Waals surface area contributed by atoms with Crippen molar-refractivity contribution in [3.05, 3.63) is 39.8 Å². The number of ether oxygens (including phenoxy) is 2. The summed E-state index contributed by atoms with van der Waals surface area (Å²) in [7, 11) is 0. The van der Waals surface area contributed by atoms with Crippen molar-refractivity contribution >= 4 is 39.6 Å². The molecule has 1 atom stereocenters. The molecule has 1 aromatic heterocycles. The number of benzene rings is 1. The van der Waals surface area contributed by atoms with Gasteiger partial charge in [0.2, 0.25) is 0 Å². The van der Waals surface area contributed by atoms with Gasteiger partial charge in [0.05, 0.1) is 5.56 Å². The number of carbonyl (C=O) groups is 1. The number of thiocarbonyl (C=S) groups is 1. The SMILES string of the molecule is CC(C)(C)[C@H]1CCc2c(sc(NC(=S)NC(=O)c3ccc4c(c3)OCCO4)c2C#N)C1. The molecule has 0 spiro atoms. The lowest BCUT2D eigenvalue weighted by molar-refractivity contribution is 0.0976. The number of thiophene rings is 1. The van der Waals surface area contributed by atoms with E-state index in [1.54, 1.807) is 29.5 Å². The molecule has 0 bridgehead atoms. The van der Waals surface area contributed by atoms with Crippen molar-refractivity contribution in [1.82, 2.24) is 5.32 Å². The van der Waals surface area contributed by atoms with Gasteiger partial charge in [0.25, 0.3) is 5.91 Å². The first-order valence-corrected chi connectivity index (χ1v) is 11.6. The van der Waals surface area contributed by atoms with Crippen molar-refractivity contribution in [2.24, 2.45) is 11.3 Å². The Hall–Kier alpha value is -2.63. The van der Waals surface area contributed by atoms with E-state index in [1.807, 2.05) is 0 Å². The monoisotopic (exact) mass is 455 g/mol. The molecule has 0 unspecified atom stereocenters. The standard InChI is InChI=1S/C23H25N3O3S2/c1-23(2,3)14-5-6-15-16(12-24)21(31-19(15)11-14)26-22(30)25-20(27)13-4-7-17-18(10-13)29-9-8-28-17/h4,7,10,14H,5-6,8-9,11H2,1-3H3,(H2,25,26,27,30)/t14-/m0/s1. The van der Waals surface area contributed by atoms with Crippen LogP contribution >= 0.6 is 23.6 Å². The topological polar surface area (TPSA) is 83.4 Å². The molecule has 2 heterocycles. The molecule has 0 fully saturated rings. The molecule has 1 aromatic carbocycles. The molecular formula is C23H25N3O3S2. The van der Waals surface area contributed by atoms with E-state index in [4.69, 9.17) is 21.7 Å². The molecule has 1 aliphatic heterocycles. The Bertz CT molecular complexity index is 1080. The molecule has 6 nitrogen and oxygen atoms in total. The van der Waals surface area contributed by atoms with E-state index in [0.29, 0.717) is 46.8 Å². The zero-order valence-corrected chi connectivity index (χ0v) is 19.5. The van der Waals surface area contributed by atoms with Crippen LogP contribution in [0.5, 0.6) is 11.5 Å². The maximum Gasteiger partial charge on any atom is 0.257 e. The zero-order chi connectivity index (χ0) is 22.2. The Morgan fingerprint density at radius 1 is 1.26 bits per heavy atom. The summed E-state index contributed by atoms with van der Waals surface area (Å²) in [5.41, 5.74) is 2.42. The molecule has 2 aliphatic rings. The Morgan fingerprint density at radius 3 is 2.71 bits per heavy atom. The van der Waals surface area contributed by atoms with Gasteiger partial charge in [-0.3, -0.25) is 10.1 Å². The summed E-state index contributed by atoms with van der Waals surface area (Å²) in [5.74, 6) is 1.41. The van der Waals surface area contributed by atoms with Gasteiger partial charge in [-0.2, -0.15) is 5.26 Å². The van der Waals surface area contributed by atoms with Gasteiger partial charge in [-0.15, -0.1) is 11.3 Å². The van der Waals surface area contributed by atoms with Crippen molar-refractivity contribution in [2.45, 2.75) is 40.0 Å². The first-order valence-electron chi connectivity index (χ1n) is 10.3. The lowest BCUT2D eigenvalue weighted by Crippen LogP contribution is -2.34. The summed E-state index contributed by atoms with van der Waals surface area (Å²) in [6.45, 7) is 7.75. The van der Waals surface area contributed by atoms with Crippen LogP contribution in [0.25, 0.3) is 0 Å². The number of rotatable bonds is 2. The maximum absolute atomic E-state index is 12.6. The van der Waals surface area contributed by atoms with Gasteiger partial charge in [0.1, 0.15) is 24.3 Å². The van der Waals surface area contributed by atoms with E-state index in [-0.39, 0.29) is 16.4 Å². The van der Waals surface area contributed by atoms with Crippen molar-refractivity contribution in [2.75, 3.05) is 18.5 Å². The summed E-state index contributed by atoms with van der Waals surface area (Å²) < 4.78 is 11.0. The third kappa shape index (κ3) is 4.53. The molecular weight excluding hydrogens is 430 g/mol. The second-order valence-electron chi connectivity index (χ2n) is 8.89. The van der Waals surface area contributed by atoms with E-state index in [0.717, 1.165) is 24.8 Å². The van der Waals surface area contributed by atoms with Gasteiger partial charge in [0.15, 0.2) is 16.6 Å². The molecule has 162 valence electrons. The Balaban J connectivity index is 1.46. The smallest absolute Gasteiger partial charge is 0.257 e.